The molecule has 0 bridgehead atoms. The third-order valence-electron chi connectivity index (χ3n) is 12.2. The molecule has 10 aromatic carbocycles. The summed E-state index contributed by atoms with van der Waals surface area (Å²) < 4.78 is 0. The van der Waals surface area contributed by atoms with Gasteiger partial charge in [-0.2, -0.15) is 0 Å². The summed E-state index contributed by atoms with van der Waals surface area (Å²) in [5.74, 6) is 0. The molecule has 0 heterocycles. The number of rotatable bonds is 5. The molecule has 1 aliphatic carbocycles. The van der Waals surface area contributed by atoms with Crippen LogP contribution in [0.15, 0.2) is 200 Å². The second-order valence-electron chi connectivity index (χ2n) is 15.7. The number of hydrogen-bond acceptors (Lipinski definition) is 1. The average Bonchev–Trinajstić information content (AvgIpc) is 3.49. The van der Waals surface area contributed by atoms with Crippen LogP contribution in [0.5, 0.6) is 0 Å². The molecule has 11 rings (SSSR count). The Morgan fingerprint density at radius 1 is 0.339 bits per heavy atom. The molecule has 0 fully saturated rings. The van der Waals surface area contributed by atoms with Crippen molar-refractivity contribution in [2.24, 2.45) is 0 Å². The Morgan fingerprint density at radius 2 is 0.821 bits per heavy atom. The first kappa shape index (κ1) is 32.5. The van der Waals surface area contributed by atoms with E-state index in [0.717, 1.165) is 11.4 Å². The van der Waals surface area contributed by atoms with Crippen molar-refractivity contribution in [2.75, 3.05) is 4.90 Å². The van der Waals surface area contributed by atoms with Gasteiger partial charge in [0.25, 0.3) is 0 Å². The van der Waals surface area contributed by atoms with Crippen LogP contribution in [-0.4, -0.2) is 0 Å². The lowest BCUT2D eigenvalue weighted by Gasteiger charge is -2.30. The summed E-state index contributed by atoms with van der Waals surface area (Å²) in [4.78, 5) is 2.48. The Balaban J connectivity index is 1.16. The maximum Gasteiger partial charge on any atom is 0.0546 e. The van der Waals surface area contributed by atoms with Crippen molar-refractivity contribution < 1.29 is 0 Å². The maximum absolute atomic E-state index is 2.48. The van der Waals surface area contributed by atoms with Gasteiger partial charge in [-0.05, 0) is 113 Å². The van der Waals surface area contributed by atoms with E-state index in [1.807, 2.05) is 0 Å². The Hall–Kier alpha value is -6.96. The first-order valence-corrected chi connectivity index (χ1v) is 19.6. The molecule has 0 aliphatic heterocycles. The van der Waals surface area contributed by atoms with E-state index in [1.165, 1.54) is 93.3 Å². The van der Waals surface area contributed by atoms with Gasteiger partial charge in [0.05, 0.1) is 5.69 Å². The van der Waals surface area contributed by atoms with Gasteiger partial charge in [0.2, 0.25) is 0 Å². The number of anilines is 3. The van der Waals surface area contributed by atoms with Crippen LogP contribution in [0.2, 0.25) is 0 Å². The lowest BCUT2D eigenvalue weighted by molar-refractivity contribution is 0.660. The second kappa shape index (κ2) is 12.5. The van der Waals surface area contributed by atoms with Gasteiger partial charge >= 0.3 is 0 Å². The van der Waals surface area contributed by atoms with Gasteiger partial charge in [0.15, 0.2) is 0 Å². The second-order valence-corrected chi connectivity index (χ2v) is 15.7. The molecular formula is C55H39N. The van der Waals surface area contributed by atoms with Gasteiger partial charge in [-0.3, -0.25) is 0 Å². The number of nitrogens with zero attached hydrogens (tertiary/aromatic N) is 1. The molecular weight excluding hydrogens is 675 g/mol. The highest BCUT2D eigenvalue weighted by molar-refractivity contribution is 6.21. The Morgan fingerprint density at radius 3 is 1.50 bits per heavy atom. The fraction of sp³-hybridized carbons (Fsp3) is 0.0545. The molecule has 56 heavy (non-hydrogen) atoms. The van der Waals surface area contributed by atoms with Crippen LogP contribution >= 0.6 is 0 Å². The van der Waals surface area contributed by atoms with E-state index in [9.17, 15) is 0 Å². The monoisotopic (exact) mass is 713 g/mol. The van der Waals surface area contributed by atoms with E-state index in [1.54, 1.807) is 0 Å². The molecule has 10 aromatic rings. The molecule has 0 atom stereocenters. The molecule has 0 aromatic heterocycles. The van der Waals surface area contributed by atoms with Crippen molar-refractivity contribution in [3.8, 4) is 33.4 Å². The van der Waals surface area contributed by atoms with E-state index in [2.05, 4.69) is 219 Å². The van der Waals surface area contributed by atoms with Gasteiger partial charge in [0, 0.05) is 22.2 Å². The number of fused-ring (bicyclic) bond motifs is 9. The quantitative estimate of drug-likeness (QED) is 0.161. The molecule has 264 valence electrons. The highest BCUT2D eigenvalue weighted by Crippen LogP contribution is 2.52. The standard InChI is InChI=1S/C55H39N/c1-55(2)50-27-15-14-23-45(50)46-33-32-40(35-51(46)55)56(52-34-38-18-6-7-19-41(38)42-20-8-11-24-47(42)52)39-30-28-37(29-31-39)54-49-26-13-10-22-44(49)43-21-9-12-25-48(43)53(54)36-16-4-3-5-17-36/h3-35H,1-2H3. The molecule has 0 saturated carbocycles. The van der Waals surface area contributed by atoms with Crippen LogP contribution < -0.4 is 4.90 Å². The molecule has 1 aliphatic rings. The fourth-order valence-corrected chi connectivity index (χ4v) is 9.60. The Kier molecular flexibility index (Phi) is 7.28. The summed E-state index contributed by atoms with van der Waals surface area (Å²) in [5.41, 5.74) is 13.7. The lowest BCUT2D eigenvalue weighted by atomic mass is 9.82. The van der Waals surface area contributed by atoms with E-state index in [-0.39, 0.29) is 5.41 Å². The molecule has 0 N–H and O–H groups in total. The van der Waals surface area contributed by atoms with Crippen molar-refractivity contribution in [1.29, 1.82) is 0 Å². The van der Waals surface area contributed by atoms with Crippen LogP contribution in [0.1, 0.15) is 25.0 Å². The van der Waals surface area contributed by atoms with Crippen molar-refractivity contribution in [2.45, 2.75) is 19.3 Å². The fourth-order valence-electron chi connectivity index (χ4n) is 9.60. The number of hydrogen-bond donors (Lipinski definition) is 0. The van der Waals surface area contributed by atoms with Crippen LogP contribution in [0.3, 0.4) is 0 Å². The molecule has 0 spiro atoms. The SMILES string of the molecule is CC1(C)c2ccccc2-c2ccc(N(c3ccc(-c4c(-c5ccccc5)c5ccccc5c5ccccc45)cc3)c3cc4ccccc4c4ccccc34)cc21. The predicted octanol–water partition coefficient (Wildman–Crippen LogP) is 15.4. The van der Waals surface area contributed by atoms with Gasteiger partial charge in [-0.15, -0.1) is 0 Å². The third-order valence-corrected chi connectivity index (χ3v) is 12.2. The van der Waals surface area contributed by atoms with Crippen molar-refractivity contribution in [3.05, 3.63) is 211 Å². The lowest BCUT2D eigenvalue weighted by Crippen LogP contribution is -2.16. The van der Waals surface area contributed by atoms with Gasteiger partial charge in [-0.1, -0.05) is 184 Å². The molecule has 0 saturated heterocycles. The highest BCUT2D eigenvalue weighted by Gasteiger charge is 2.36. The van der Waals surface area contributed by atoms with E-state index in [4.69, 9.17) is 0 Å². The van der Waals surface area contributed by atoms with Crippen LogP contribution in [0.4, 0.5) is 17.1 Å². The van der Waals surface area contributed by atoms with Crippen molar-refractivity contribution in [3.63, 3.8) is 0 Å². The summed E-state index contributed by atoms with van der Waals surface area (Å²) in [5, 5.41) is 10.1. The van der Waals surface area contributed by atoms with Crippen molar-refractivity contribution in [1.82, 2.24) is 0 Å². The first-order chi connectivity index (χ1) is 27.6. The number of benzene rings is 10. The van der Waals surface area contributed by atoms with E-state index in [0.29, 0.717) is 0 Å². The predicted molar refractivity (Wildman–Crippen MR) is 240 cm³/mol. The maximum atomic E-state index is 2.48. The smallest absolute Gasteiger partial charge is 0.0546 e. The normalized spacial score (nSPS) is 13.0. The third kappa shape index (κ3) is 4.87. The summed E-state index contributed by atoms with van der Waals surface area (Å²) in [6, 6.07) is 74.0. The highest BCUT2D eigenvalue weighted by atomic mass is 15.1. The molecule has 0 radical (unpaired) electrons. The molecule has 1 nitrogen and oxygen atoms in total. The minimum absolute atomic E-state index is 0.117. The largest absolute Gasteiger partial charge is 0.310 e. The Bertz CT molecular complexity index is 3150. The summed E-state index contributed by atoms with van der Waals surface area (Å²) in [6.07, 6.45) is 0. The zero-order chi connectivity index (χ0) is 37.4. The van der Waals surface area contributed by atoms with Crippen molar-refractivity contribution >= 4 is 60.2 Å². The minimum Gasteiger partial charge on any atom is -0.310 e. The summed E-state index contributed by atoms with van der Waals surface area (Å²) >= 11 is 0. The molecule has 0 unspecified atom stereocenters. The first-order valence-electron chi connectivity index (χ1n) is 19.6. The van der Waals surface area contributed by atoms with E-state index < -0.39 is 0 Å². The summed E-state index contributed by atoms with van der Waals surface area (Å²) in [6.45, 7) is 4.73. The molecule has 0 amide bonds. The zero-order valence-corrected chi connectivity index (χ0v) is 31.5. The summed E-state index contributed by atoms with van der Waals surface area (Å²) in [7, 11) is 0. The zero-order valence-electron chi connectivity index (χ0n) is 31.5. The Labute approximate surface area is 327 Å². The van der Waals surface area contributed by atoms with Crippen LogP contribution in [0, 0.1) is 0 Å². The molecule has 1 heteroatoms. The van der Waals surface area contributed by atoms with Gasteiger partial charge in [-0.25, -0.2) is 0 Å². The van der Waals surface area contributed by atoms with E-state index >= 15 is 0 Å². The minimum atomic E-state index is -0.117. The van der Waals surface area contributed by atoms with Gasteiger partial charge in [0.1, 0.15) is 0 Å². The topological polar surface area (TPSA) is 3.24 Å². The van der Waals surface area contributed by atoms with Crippen LogP contribution in [-0.2, 0) is 5.41 Å². The van der Waals surface area contributed by atoms with Crippen LogP contribution in [0.25, 0.3) is 76.5 Å². The van der Waals surface area contributed by atoms with Gasteiger partial charge < -0.3 is 4.90 Å². The average molecular weight is 714 g/mol.